The quantitative estimate of drug-likeness (QED) is 0.617. The molecule has 1 amide bonds. The summed E-state index contributed by atoms with van der Waals surface area (Å²) >= 11 is 0. The molecule has 156 valence electrons. The van der Waals surface area contributed by atoms with Crippen LogP contribution in [0.1, 0.15) is 5.56 Å². The van der Waals surface area contributed by atoms with Crippen molar-refractivity contribution in [2.24, 2.45) is 0 Å². The predicted molar refractivity (Wildman–Crippen MR) is 112 cm³/mol. The van der Waals surface area contributed by atoms with Gasteiger partial charge in [0.1, 0.15) is 5.75 Å². The van der Waals surface area contributed by atoms with Gasteiger partial charge in [0.25, 0.3) is 0 Å². The standard InChI is InChI=1S/C21H22N4O4S/c1-16-7-9-17(10-8-16)20-22-23-21(29-20)30(27,28)15-19(26)25-13-11-24(12-14-25)18-5-3-2-4-6-18/h2-10H,11-15H2,1H3. The van der Waals surface area contributed by atoms with Gasteiger partial charge < -0.3 is 14.2 Å². The van der Waals surface area contributed by atoms with E-state index in [1.807, 2.05) is 49.4 Å². The van der Waals surface area contributed by atoms with Crippen LogP contribution in [0.15, 0.2) is 64.2 Å². The van der Waals surface area contributed by atoms with E-state index in [9.17, 15) is 13.2 Å². The van der Waals surface area contributed by atoms with E-state index in [0.29, 0.717) is 31.7 Å². The Bertz CT molecular complexity index is 1120. The topological polar surface area (TPSA) is 96.6 Å². The van der Waals surface area contributed by atoms with Gasteiger partial charge in [-0.1, -0.05) is 41.0 Å². The number of nitrogens with zero attached hydrogens (tertiary/aromatic N) is 4. The molecule has 4 rings (SSSR count). The van der Waals surface area contributed by atoms with Crippen molar-refractivity contribution in [3.63, 3.8) is 0 Å². The largest absolute Gasteiger partial charge is 0.408 e. The van der Waals surface area contributed by atoms with Gasteiger partial charge in [0.05, 0.1) is 0 Å². The van der Waals surface area contributed by atoms with Crippen molar-refractivity contribution in [2.45, 2.75) is 12.1 Å². The summed E-state index contributed by atoms with van der Waals surface area (Å²) < 4.78 is 30.6. The second-order valence-corrected chi connectivity index (χ2v) is 9.07. The average molecular weight is 426 g/mol. The van der Waals surface area contributed by atoms with Crippen LogP contribution >= 0.6 is 0 Å². The molecule has 1 fully saturated rings. The third kappa shape index (κ3) is 4.35. The number of anilines is 1. The molecule has 1 aliphatic rings. The molecule has 0 saturated carbocycles. The Balaban J connectivity index is 1.39. The highest BCUT2D eigenvalue weighted by Crippen LogP contribution is 2.21. The minimum Gasteiger partial charge on any atom is -0.408 e. The van der Waals surface area contributed by atoms with E-state index >= 15 is 0 Å². The van der Waals surface area contributed by atoms with Crippen LogP contribution < -0.4 is 4.90 Å². The van der Waals surface area contributed by atoms with Crippen LogP contribution in [0, 0.1) is 6.92 Å². The number of benzene rings is 2. The van der Waals surface area contributed by atoms with Gasteiger partial charge >= 0.3 is 5.22 Å². The number of hydrogen-bond acceptors (Lipinski definition) is 7. The number of aryl methyl sites for hydroxylation is 1. The van der Waals surface area contributed by atoms with E-state index in [0.717, 1.165) is 11.3 Å². The molecule has 0 bridgehead atoms. The number of hydrogen-bond donors (Lipinski definition) is 0. The highest BCUT2D eigenvalue weighted by molar-refractivity contribution is 7.91. The summed E-state index contributed by atoms with van der Waals surface area (Å²) in [5.41, 5.74) is 2.77. The Morgan fingerprint density at radius 1 is 0.967 bits per heavy atom. The zero-order chi connectivity index (χ0) is 21.1. The number of aromatic nitrogens is 2. The van der Waals surface area contributed by atoms with E-state index in [1.54, 1.807) is 17.0 Å². The van der Waals surface area contributed by atoms with E-state index in [4.69, 9.17) is 4.42 Å². The van der Waals surface area contributed by atoms with Gasteiger partial charge in [-0.15, -0.1) is 5.10 Å². The van der Waals surface area contributed by atoms with Crippen LogP contribution in [0.2, 0.25) is 0 Å². The number of amides is 1. The second-order valence-electron chi connectivity index (χ2n) is 7.20. The van der Waals surface area contributed by atoms with Gasteiger partial charge in [-0.05, 0) is 31.2 Å². The SMILES string of the molecule is Cc1ccc(-c2nnc(S(=O)(=O)CC(=O)N3CCN(c4ccccc4)CC3)o2)cc1. The Hall–Kier alpha value is -3.20. The average Bonchev–Trinajstić information content (AvgIpc) is 3.26. The van der Waals surface area contributed by atoms with Crippen molar-refractivity contribution in [1.29, 1.82) is 0 Å². The summed E-state index contributed by atoms with van der Waals surface area (Å²) in [6.07, 6.45) is 0. The van der Waals surface area contributed by atoms with Crippen LogP contribution in [0.25, 0.3) is 11.5 Å². The fourth-order valence-electron chi connectivity index (χ4n) is 3.32. The number of carbonyl (C=O) groups excluding carboxylic acids is 1. The molecule has 0 spiro atoms. The zero-order valence-electron chi connectivity index (χ0n) is 16.6. The fourth-order valence-corrected chi connectivity index (χ4v) is 4.32. The molecule has 0 N–H and O–H groups in total. The molecule has 30 heavy (non-hydrogen) atoms. The predicted octanol–water partition coefficient (Wildman–Crippen LogP) is 2.17. The van der Waals surface area contributed by atoms with Crippen molar-refractivity contribution >= 4 is 21.4 Å². The third-order valence-electron chi connectivity index (χ3n) is 5.04. The van der Waals surface area contributed by atoms with Crippen LogP contribution in [-0.4, -0.2) is 61.4 Å². The van der Waals surface area contributed by atoms with Gasteiger partial charge in [-0.2, -0.15) is 0 Å². The molecule has 0 radical (unpaired) electrons. The molecular formula is C21H22N4O4S. The van der Waals surface area contributed by atoms with E-state index in [-0.39, 0.29) is 5.89 Å². The lowest BCUT2D eigenvalue weighted by Crippen LogP contribution is -2.50. The molecule has 0 aliphatic carbocycles. The maximum absolute atomic E-state index is 12.6. The Morgan fingerprint density at radius 3 is 2.30 bits per heavy atom. The molecule has 2 aromatic carbocycles. The van der Waals surface area contributed by atoms with Crippen molar-refractivity contribution in [3.8, 4) is 11.5 Å². The molecule has 9 heteroatoms. The Labute approximate surface area is 175 Å². The summed E-state index contributed by atoms with van der Waals surface area (Å²) in [6, 6.07) is 17.2. The lowest BCUT2D eigenvalue weighted by Gasteiger charge is -2.36. The first kappa shape index (κ1) is 20.1. The maximum Gasteiger partial charge on any atom is 0.336 e. The highest BCUT2D eigenvalue weighted by atomic mass is 32.2. The summed E-state index contributed by atoms with van der Waals surface area (Å²) in [4.78, 5) is 16.3. The molecule has 0 atom stereocenters. The molecule has 1 saturated heterocycles. The monoisotopic (exact) mass is 426 g/mol. The lowest BCUT2D eigenvalue weighted by atomic mass is 10.1. The van der Waals surface area contributed by atoms with Gasteiger partial charge in [0.15, 0.2) is 0 Å². The normalized spacial score (nSPS) is 14.7. The van der Waals surface area contributed by atoms with Crippen molar-refractivity contribution in [2.75, 3.05) is 36.8 Å². The first-order valence-corrected chi connectivity index (χ1v) is 11.3. The maximum atomic E-state index is 12.6. The van der Waals surface area contributed by atoms with Gasteiger partial charge in [0.2, 0.25) is 21.6 Å². The minimum absolute atomic E-state index is 0.109. The summed E-state index contributed by atoms with van der Waals surface area (Å²) in [6.45, 7) is 4.16. The van der Waals surface area contributed by atoms with Crippen molar-refractivity contribution in [1.82, 2.24) is 15.1 Å². The molecule has 8 nitrogen and oxygen atoms in total. The third-order valence-corrected chi connectivity index (χ3v) is 6.36. The summed E-state index contributed by atoms with van der Waals surface area (Å²) in [5.74, 6) is -1.04. The van der Waals surface area contributed by atoms with Crippen LogP contribution in [-0.2, 0) is 14.6 Å². The molecular weight excluding hydrogens is 404 g/mol. The van der Waals surface area contributed by atoms with Crippen molar-refractivity contribution in [3.05, 3.63) is 60.2 Å². The van der Waals surface area contributed by atoms with E-state index in [2.05, 4.69) is 15.1 Å². The van der Waals surface area contributed by atoms with Crippen LogP contribution in [0.5, 0.6) is 0 Å². The fraction of sp³-hybridized carbons (Fsp3) is 0.286. The minimum atomic E-state index is -4.01. The number of piperazine rings is 1. The molecule has 1 aliphatic heterocycles. The number of para-hydroxylation sites is 1. The summed E-state index contributed by atoms with van der Waals surface area (Å²) in [7, 11) is -4.01. The molecule has 0 unspecified atom stereocenters. The van der Waals surface area contributed by atoms with Gasteiger partial charge in [-0.25, -0.2) is 8.42 Å². The highest BCUT2D eigenvalue weighted by Gasteiger charge is 2.30. The van der Waals surface area contributed by atoms with Crippen LogP contribution in [0.3, 0.4) is 0 Å². The van der Waals surface area contributed by atoms with Gasteiger partial charge in [-0.3, -0.25) is 4.79 Å². The lowest BCUT2D eigenvalue weighted by molar-refractivity contribution is -0.128. The zero-order valence-corrected chi connectivity index (χ0v) is 17.4. The second kappa shape index (κ2) is 8.27. The smallest absolute Gasteiger partial charge is 0.336 e. The van der Waals surface area contributed by atoms with Crippen molar-refractivity contribution < 1.29 is 17.6 Å². The number of rotatable bonds is 5. The van der Waals surface area contributed by atoms with E-state index < -0.39 is 26.7 Å². The van der Waals surface area contributed by atoms with Gasteiger partial charge in [0, 0.05) is 37.4 Å². The first-order chi connectivity index (χ1) is 14.4. The number of carbonyl (C=O) groups is 1. The number of sulfone groups is 1. The van der Waals surface area contributed by atoms with E-state index in [1.165, 1.54) is 0 Å². The summed E-state index contributed by atoms with van der Waals surface area (Å²) in [5, 5.41) is 6.94. The Morgan fingerprint density at radius 2 is 1.63 bits per heavy atom. The first-order valence-electron chi connectivity index (χ1n) is 9.63. The molecule has 1 aromatic heterocycles. The Kier molecular flexibility index (Phi) is 5.54. The molecule has 2 heterocycles. The van der Waals surface area contributed by atoms with Crippen LogP contribution in [0.4, 0.5) is 5.69 Å². The molecule has 3 aromatic rings.